The molecule has 0 aromatic carbocycles. The molecule has 1 N–H and O–H groups in total. The first-order valence-corrected chi connectivity index (χ1v) is 6.62. The van der Waals surface area contributed by atoms with E-state index in [-0.39, 0.29) is 6.10 Å². The zero-order valence-electron chi connectivity index (χ0n) is 11.0. The van der Waals surface area contributed by atoms with Crippen LogP contribution in [0.1, 0.15) is 46.0 Å². The molecule has 1 fully saturated rings. The Balaban J connectivity index is 1.98. The Labute approximate surface area is 99.9 Å². The summed E-state index contributed by atoms with van der Waals surface area (Å²) in [5.41, 5.74) is 0. The van der Waals surface area contributed by atoms with Gasteiger partial charge in [0.05, 0.1) is 18.8 Å². The van der Waals surface area contributed by atoms with Crippen molar-refractivity contribution in [2.75, 3.05) is 20.3 Å². The zero-order chi connectivity index (χ0) is 11.8. The minimum absolute atomic E-state index is 0.259. The molecule has 2 atom stereocenters. The van der Waals surface area contributed by atoms with E-state index in [1.807, 2.05) is 0 Å². The van der Waals surface area contributed by atoms with Crippen molar-refractivity contribution in [3.63, 3.8) is 0 Å². The fraction of sp³-hybridized carbons (Fsp3) is 1.00. The molecule has 3 heteroatoms. The lowest BCUT2D eigenvalue weighted by Crippen LogP contribution is -2.38. The fourth-order valence-electron chi connectivity index (χ4n) is 2.11. The maximum atomic E-state index is 5.84. The molecule has 0 spiro atoms. The van der Waals surface area contributed by atoms with Gasteiger partial charge in [0, 0.05) is 19.7 Å². The standard InChI is InChI=1S/C13H27NO2/c1-11(12(2)15-3)14-9-10-16-13-7-5-4-6-8-13/h11-14H,4-10H2,1-3H3. The largest absolute Gasteiger partial charge is 0.380 e. The number of hydrogen-bond donors (Lipinski definition) is 1. The molecule has 1 rings (SSSR count). The van der Waals surface area contributed by atoms with E-state index in [1.54, 1.807) is 7.11 Å². The predicted octanol–water partition coefficient (Wildman–Crippen LogP) is 2.35. The summed E-state index contributed by atoms with van der Waals surface area (Å²) in [5, 5.41) is 3.42. The molecule has 0 radical (unpaired) electrons. The van der Waals surface area contributed by atoms with Crippen molar-refractivity contribution < 1.29 is 9.47 Å². The summed E-state index contributed by atoms with van der Waals surface area (Å²) >= 11 is 0. The monoisotopic (exact) mass is 229 g/mol. The van der Waals surface area contributed by atoms with Crippen molar-refractivity contribution in [2.45, 2.75) is 64.2 Å². The summed E-state index contributed by atoms with van der Waals surface area (Å²) in [5.74, 6) is 0. The highest BCUT2D eigenvalue weighted by Gasteiger charge is 2.14. The minimum Gasteiger partial charge on any atom is -0.380 e. The highest BCUT2D eigenvalue weighted by molar-refractivity contribution is 4.68. The number of methoxy groups -OCH3 is 1. The molecule has 1 aliphatic carbocycles. The third-order valence-electron chi connectivity index (χ3n) is 3.55. The van der Waals surface area contributed by atoms with Crippen molar-refractivity contribution in [2.24, 2.45) is 0 Å². The van der Waals surface area contributed by atoms with Crippen LogP contribution in [0.15, 0.2) is 0 Å². The van der Waals surface area contributed by atoms with Crippen LogP contribution in [0, 0.1) is 0 Å². The van der Waals surface area contributed by atoms with E-state index in [0.717, 1.165) is 13.2 Å². The Hall–Kier alpha value is -0.120. The van der Waals surface area contributed by atoms with Crippen LogP contribution in [-0.2, 0) is 9.47 Å². The Morgan fingerprint density at radius 2 is 1.88 bits per heavy atom. The highest BCUT2D eigenvalue weighted by Crippen LogP contribution is 2.19. The van der Waals surface area contributed by atoms with Gasteiger partial charge in [-0.1, -0.05) is 19.3 Å². The van der Waals surface area contributed by atoms with Gasteiger partial charge >= 0.3 is 0 Å². The van der Waals surface area contributed by atoms with E-state index in [2.05, 4.69) is 19.2 Å². The number of hydrogen-bond acceptors (Lipinski definition) is 3. The van der Waals surface area contributed by atoms with Crippen LogP contribution in [0.2, 0.25) is 0 Å². The van der Waals surface area contributed by atoms with Crippen molar-refractivity contribution >= 4 is 0 Å². The Morgan fingerprint density at radius 3 is 2.50 bits per heavy atom. The van der Waals surface area contributed by atoms with Gasteiger partial charge in [-0.25, -0.2) is 0 Å². The Kier molecular flexibility index (Phi) is 7.01. The van der Waals surface area contributed by atoms with Crippen molar-refractivity contribution in [3.8, 4) is 0 Å². The molecule has 0 amide bonds. The summed E-state index contributed by atoms with van der Waals surface area (Å²) < 4.78 is 11.1. The highest BCUT2D eigenvalue weighted by atomic mass is 16.5. The molecule has 16 heavy (non-hydrogen) atoms. The fourth-order valence-corrected chi connectivity index (χ4v) is 2.11. The number of nitrogens with one attached hydrogen (secondary N) is 1. The maximum Gasteiger partial charge on any atom is 0.0693 e. The first-order chi connectivity index (χ1) is 7.74. The van der Waals surface area contributed by atoms with Crippen molar-refractivity contribution in [3.05, 3.63) is 0 Å². The van der Waals surface area contributed by atoms with Gasteiger partial charge in [-0.05, 0) is 26.7 Å². The van der Waals surface area contributed by atoms with Crippen LogP contribution in [0.3, 0.4) is 0 Å². The number of rotatable bonds is 7. The second-order valence-corrected chi connectivity index (χ2v) is 4.81. The lowest BCUT2D eigenvalue weighted by molar-refractivity contribution is 0.0255. The number of ether oxygens (including phenoxy) is 2. The van der Waals surface area contributed by atoms with Crippen LogP contribution in [-0.4, -0.2) is 38.5 Å². The molecular formula is C13H27NO2. The smallest absolute Gasteiger partial charge is 0.0693 e. The van der Waals surface area contributed by atoms with Crippen molar-refractivity contribution in [1.29, 1.82) is 0 Å². The summed E-state index contributed by atoms with van der Waals surface area (Å²) in [4.78, 5) is 0. The normalized spacial score (nSPS) is 21.9. The van der Waals surface area contributed by atoms with Crippen LogP contribution in [0.25, 0.3) is 0 Å². The summed E-state index contributed by atoms with van der Waals surface area (Å²) in [6, 6.07) is 0.389. The van der Waals surface area contributed by atoms with E-state index in [9.17, 15) is 0 Å². The quantitative estimate of drug-likeness (QED) is 0.680. The predicted molar refractivity (Wildman–Crippen MR) is 66.8 cm³/mol. The van der Waals surface area contributed by atoms with Gasteiger partial charge in [0.15, 0.2) is 0 Å². The molecule has 0 aromatic heterocycles. The SMILES string of the molecule is COC(C)C(C)NCCOC1CCCCC1. The van der Waals surface area contributed by atoms with Gasteiger partial charge in [0.2, 0.25) is 0 Å². The second-order valence-electron chi connectivity index (χ2n) is 4.81. The van der Waals surface area contributed by atoms with Crippen molar-refractivity contribution in [1.82, 2.24) is 5.32 Å². The Bertz CT molecular complexity index is 165. The molecule has 2 unspecified atom stereocenters. The third-order valence-corrected chi connectivity index (χ3v) is 3.55. The molecular weight excluding hydrogens is 202 g/mol. The molecule has 0 aliphatic heterocycles. The summed E-state index contributed by atoms with van der Waals surface area (Å²) in [6.07, 6.45) is 7.36. The average Bonchev–Trinajstić information content (AvgIpc) is 2.34. The first kappa shape index (κ1) is 13.9. The molecule has 1 aliphatic rings. The Morgan fingerprint density at radius 1 is 1.19 bits per heavy atom. The zero-order valence-corrected chi connectivity index (χ0v) is 11.0. The molecule has 0 bridgehead atoms. The van der Waals surface area contributed by atoms with Gasteiger partial charge < -0.3 is 14.8 Å². The van der Waals surface area contributed by atoms with Crippen LogP contribution >= 0.6 is 0 Å². The molecule has 0 aromatic rings. The van der Waals surface area contributed by atoms with Gasteiger partial charge in [-0.15, -0.1) is 0 Å². The van der Waals surface area contributed by atoms with E-state index >= 15 is 0 Å². The molecule has 96 valence electrons. The summed E-state index contributed by atoms with van der Waals surface area (Å²) in [7, 11) is 1.75. The van der Waals surface area contributed by atoms with Gasteiger partial charge in [-0.2, -0.15) is 0 Å². The topological polar surface area (TPSA) is 30.5 Å². The first-order valence-electron chi connectivity index (χ1n) is 6.62. The average molecular weight is 229 g/mol. The summed E-state index contributed by atoms with van der Waals surface area (Å²) in [6.45, 7) is 5.98. The van der Waals surface area contributed by atoms with Crippen LogP contribution in [0.5, 0.6) is 0 Å². The van der Waals surface area contributed by atoms with Crippen LogP contribution < -0.4 is 5.32 Å². The van der Waals surface area contributed by atoms with Gasteiger partial charge in [-0.3, -0.25) is 0 Å². The van der Waals surface area contributed by atoms with E-state index in [0.29, 0.717) is 12.1 Å². The van der Waals surface area contributed by atoms with Gasteiger partial charge in [0.1, 0.15) is 0 Å². The van der Waals surface area contributed by atoms with Crippen LogP contribution in [0.4, 0.5) is 0 Å². The van der Waals surface area contributed by atoms with E-state index in [1.165, 1.54) is 32.1 Å². The lowest BCUT2D eigenvalue weighted by Gasteiger charge is -2.23. The lowest BCUT2D eigenvalue weighted by atomic mass is 9.98. The second kappa shape index (κ2) is 8.04. The third kappa shape index (κ3) is 5.28. The minimum atomic E-state index is 0.259. The molecule has 0 saturated heterocycles. The van der Waals surface area contributed by atoms with Gasteiger partial charge in [0.25, 0.3) is 0 Å². The molecule has 0 heterocycles. The maximum absolute atomic E-state index is 5.84. The van der Waals surface area contributed by atoms with E-state index in [4.69, 9.17) is 9.47 Å². The van der Waals surface area contributed by atoms with E-state index < -0.39 is 0 Å². The molecule has 1 saturated carbocycles. The molecule has 3 nitrogen and oxygen atoms in total.